The molecule has 0 aromatic heterocycles. The van der Waals surface area contributed by atoms with Crippen molar-refractivity contribution >= 4 is 27.7 Å². The number of ether oxygens (including phenoxy) is 2. The largest absolute Gasteiger partial charge is 0.491 e. The van der Waals surface area contributed by atoms with Crippen molar-refractivity contribution in [1.29, 1.82) is 0 Å². The van der Waals surface area contributed by atoms with Crippen molar-refractivity contribution in [1.82, 2.24) is 4.90 Å². The number of amides is 1. The average Bonchev–Trinajstić information content (AvgIpc) is 3.16. The first-order valence-corrected chi connectivity index (χ1v) is 12.5. The van der Waals surface area contributed by atoms with E-state index in [0.717, 1.165) is 43.9 Å². The molecule has 0 radical (unpaired) electrons. The summed E-state index contributed by atoms with van der Waals surface area (Å²) >= 11 is 3.71. The van der Waals surface area contributed by atoms with Gasteiger partial charge in [-0.2, -0.15) is 0 Å². The molecule has 2 aromatic carbocycles. The highest BCUT2D eigenvalue weighted by atomic mass is 79.9. The lowest BCUT2D eigenvalue weighted by Gasteiger charge is -2.32. The monoisotopic (exact) mass is 500 g/mol. The van der Waals surface area contributed by atoms with Crippen LogP contribution in [0.2, 0.25) is 0 Å². The molecule has 2 aromatic rings. The maximum absolute atomic E-state index is 12.2. The van der Waals surface area contributed by atoms with Crippen LogP contribution in [-0.4, -0.2) is 49.4 Å². The molecule has 32 heavy (non-hydrogen) atoms. The number of hydrogen-bond donors (Lipinski definition) is 0. The molecule has 1 unspecified atom stereocenters. The third-order valence-electron chi connectivity index (χ3n) is 6.31. The quantitative estimate of drug-likeness (QED) is 0.451. The molecule has 0 N–H and O–H groups in total. The lowest BCUT2D eigenvalue weighted by molar-refractivity contribution is 0.116. The summed E-state index contributed by atoms with van der Waals surface area (Å²) in [7, 11) is 0. The van der Waals surface area contributed by atoms with Crippen LogP contribution in [-0.2, 0) is 11.2 Å². The molecule has 4 rings (SSSR count). The molecule has 1 atom stereocenters. The van der Waals surface area contributed by atoms with Crippen LogP contribution in [0.1, 0.15) is 38.7 Å². The molecule has 0 aliphatic carbocycles. The summed E-state index contributed by atoms with van der Waals surface area (Å²) in [6.07, 6.45) is 4.29. The Balaban J connectivity index is 1.22. The van der Waals surface area contributed by atoms with Crippen molar-refractivity contribution in [2.75, 3.05) is 31.1 Å². The van der Waals surface area contributed by atoms with E-state index in [1.165, 1.54) is 22.9 Å². The summed E-state index contributed by atoms with van der Waals surface area (Å²) in [5.41, 5.74) is 2.25. The fraction of sp³-hybridized carbons (Fsp3) is 0.500. The van der Waals surface area contributed by atoms with Gasteiger partial charge in [0.2, 0.25) is 0 Å². The van der Waals surface area contributed by atoms with Crippen LogP contribution < -0.4 is 9.64 Å². The highest BCUT2D eigenvalue weighted by Crippen LogP contribution is 2.29. The lowest BCUT2D eigenvalue weighted by Crippen LogP contribution is -2.36. The fourth-order valence-corrected chi connectivity index (χ4v) is 5.00. The number of anilines is 1. The van der Waals surface area contributed by atoms with Gasteiger partial charge in [-0.05, 0) is 94.4 Å². The van der Waals surface area contributed by atoms with Crippen LogP contribution in [0.25, 0.3) is 0 Å². The van der Waals surface area contributed by atoms with E-state index in [1.54, 1.807) is 4.90 Å². The Morgan fingerprint density at radius 1 is 1.12 bits per heavy atom. The second kappa shape index (κ2) is 10.7. The number of benzene rings is 2. The standard InChI is InChI=1S/C26H33BrN2O3/c1-19(2)31-23-8-9-25(27)21(17-23)16-20-10-13-28(14-11-20)15-12-24-18-29(26(30)32-24)22-6-4-3-5-7-22/h3-9,17,19-20,24H,10-16,18H2,1-2H3. The van der Waals surface area contributed by atoms with E-state index < -0.39 is 0 Å². The smallest absolute Gasteiger partial charge is 0.414 e. The van der Waals surface area contributed by atoms with Crippen molar-refractivity contribution < 1.29 is 14.3 Å². The van der Waals surface area contributed by atoms with E-state index in [2.05, 4.69) is 46.8 Å². The SMILES string of the molecule is CC(C)Oc1ccc(Br)c(CC2CCN(CCC3CN(c4ccccc4)C(=O)O3)CC2)c1. The van der Waals surface area contributed by atoms with Crippen molar-refractivity contribution in [2.45, 2.75) is 51.7 Å². The summed E-state index contributed by atoms with van der Waals surface area (Å²) in [4.78, 5) is 16.5. The second-order valence-corrected chi connectivity index (χ2v) is 10.0. The minimum absolute atomic E-state index is 0.0277. The van der Waals surface area contributed by atoms with Crippen LogP contribution in [0.4, 0.5) is 10.5 Å². The molecule has 2 aliphatic heterocycles. The van der Waals surface area contributed by atoms with Gasteiger partial charge >= 0.3 is 6.09 Å². The van der Waals surface area contributed by atoms with Gasteiger partial charge in [0.25, 0.3) is 0 Å². The third kappa shape index (κ3) is 6.04. The van der Waals surface area contributed by atoms with Gasteiger partial charge in [0.1, 0.15) is 11.9 Å². The van der Waals surface area contributed by atoms with Crippen LogP contribution in [0.15, 0.2) is 53.0 Å². The van der Waals surface area contributed by atoms with Gasteiger partial charge < -0.3 is 14.4 Å². The molecule has 0 saturated carbocycles. The van der Waals surface area contributed by atoms with Gasteiger partial charge in [-0.25, -0.2) is 4.79 Å². The van der Waals surface area contributed by atoms with Crippen molar-refractivity contribution in [2.24, 2.45) is 5.92 Å². The highest BCUT2D eigenvalue weighted by molar-refractivity contribution is 9.10. The molecular formula is C26H33BrN2O3. The van der Waals surface area contributed by atoms with Gasteiger partial charge in [-0.15, -0.1) is 0 Å². The number of halogens is 1. The maximum atomic E-state index is 12.2. The van der Waals surface area contributed by atoms with E-state index >= 15 is 0 Å². The molecule has 0 spiro atoms. The van der Waals surface area contributed by atoms with E-state index in [9.17, 15) is 4.79 Å². The molecule has 2 fully saturated rings. The second-order valence-electron chi connectivity index (χ2n) is 9.15. The zero-order valence-corrected chi connectivity index (χ0v) is 20.6. The Hall–Kier alpha value is -2.05. The molecule has 1 amide bonds. The van der Waals surface area contributed by atoms with Crippen LogP contribution in [0.5, 0.6) is 5.75 Å². The number of likely N-dealkylation sites (tertiary alicyclic amines) is 1. The average molecular weight is 501 g/mol. The topological polar surface area (TPSA) is 42.0 Å². The minimum atomic E-state index is -0.228. The Morgan fingerprint density at radius 2 is 1.88 bits per heavy atom. The van der Waals surface area contributed by atoms with Crippen LogP contribution in [0.3, 0.4) is 0 Å². The van der Waals surface area contributed by atoms with Gasteiger partial charge in [0, 0.05) is 16.7 Å². The number of carbonyl (C=O) groups excluding carboxylic acids is 1. The third-order valence-corrected chi connectivity index (χ3v) is 7.09. The number of nitrogens with zero attached hydrogens (tertiary/aromatic N) is 2. The van der Waals surface area contributed by atoms with Crippen molar-refractivity contribution in [3.8, 4) is 5.75 Å². The summed E-state index contributed by atoms with van der Waals surface area (Å²) in [6.45, 7) is 7.95. The molecule has 5 nitrogen and oxygen atoms in total. The lowest BCUT2D eigenvalue weighted by atomic mass is 9.90. The maximum Gasteiger partial charge on any atom is 0.414 e. The summed E-state index contributed by atoms with van der Waals surface area (Å²) in [5, 5.41) is 0. The Bertz CT molecular complexity index is 897. The van der Waals surface area contributed by atoms with Crippen LogP contribution >= 0.6 is 15.9 Å². The summed E-state index contributed by atoms with van der Waals surface area (Å²) in [5.74, 6) is 1.64. The highest BCUT2D eigenvalue weighted by Gasteiger charge is 2.32. The van der Waals surface area contributed by atoms with E-state index in [-0.39, 0.29) is 18.3 Å². The normalized spacial score (nSPS) is 20.1. The molecule has 2 saturated heterocycles. The Kier molecular flexibility index (Phi) is 7.74. The first kappa shape index (κ1) is 23.1. The first-order valence-electron chi connectivity index (χ1n) is 11.7. The zero-order chi connectivity index (χ0) is 22.5. The number of rotatable bonds is 8. The van der Waals surface area contributed by atoms with Gasteiger partial charge in [-0.1, -0.05) is 34.1 Å². The van der Waals surface area contributed by atoms with Gasteiger partial charge in [-0.3, -0.25) is 4.90 Å². The Morgan fingerprint density at radius 3 is 2.59 bits per heavy atom. The molecule has 6 heteroatoms. The fourth-order valence-electron chi connectivity index (χ4n) is 4.60. The molecular weight excluding hydrogens is 468 g/mol. The Labute approximate surface area is 199 Å². The van der Waals surface area contributed by atoms with Crippen LogP contribution in [0, 0.1) is 5.92 Å². The van der Waals surface area contributed by atoms with E-state index in [4.69, 9.17) is 9.47 Å². The molecule has 0 bridgehead atoms. The number of piperidine rings is 1. The number of cyclic esters (lactones) is 1. The van der Waals surface area contributed by atoms with E-state index in [1.807, 2.05) is 36.4 Å². The number of carbonyl (C=O) groups is 1. The van der Waals surface area contributed by atoms with Gasteiger partial charge in [0.05, 0.1) is 12.6 Å². The zero-order valence-electron chi connectivity index (χ0n) is 19.0. The molecule has 172 valence electrons. The predicted molar refractivity (Wildman–Crippen MR) is 131 cm³/mol. The summed E-state index contributed by atoms with van der Waals surface area (Å²) in [6, 6.07) is 16.1. The minimum Gasteiger partial charge on any atom is -0.491 e. The molecule has 2 aliphatic rings. The van der Waals surface area contributed by atoms with Crippen molar-refractivity contribution in [3.63, 3.8) is 0 Å². The van der Waals surface area contributed by atoms with E-state index in [0.29, 0.717) is 12.5 Å². The first-order chi connectivity index (χ1) is 15.5. The van der Waals surface area contributed by atoms with Crippen molar-refractivity contribution in [3.05, 3.63) is 58.6 Å². The number of para-hydroxylation sites is 1. The summed E-state index contributed by atoms with van der Waals surface area (Å²) < 4.78 is 12.7. The predicted octanol–water partition coefficient (Wildman–Crippen LogP) is 5.91. The number of hydrogen-bond acceptors (Lipinski definition) is 4. The van der Waals surface area contributed by atoms with Gasteiger partial charge in [0.15, 0.2) is 0 Å². The molecule has 2 heterocycles.